The van der Waals surface area contributed by atoms with E-state index in [0.717, 1.165) is 43.2 Å². The minimum absolute atomic E-state index is 0.0238. The van der Waals surface area contributed by atoms with Crippen LogP contribution >= 0.6 is 0 Å². The third-order valence-electron chi connectivity index (χ3n) is 4.31. The molecule has 0 saturated carbocycles. The number of anilines is 3. The molecular formula is C19H22FN3O. The largest absolute Gasteiger partial charge is 0.368 e. The molecule has 126 valence electrons. The molecule has 1 aliphatic rings. The molecule has 0 unspecified atom stereocenters. The minimum atomic E-state index is -0.201. The van der Waals surface area contributed by atoms with E-state index >= 15 is 0 Å². The number of halogens is 1. The molecule has 1 amide bonds. The molecule has 1 saturated heterocycles. The second-order valence-corrected chi connectivity index (χ2v) is 5.90. The first-order chi connectivity index (χ1) is 11.7. The van der Waals surface area contributed by atoms with Crippen LogP contribution in [0.15, 0.2) is 48.5 Å². The maximum Gasteiger partial charge on any atom is 0.224 e. The Bertz CT molecular complexity index is 677. The molecule has 24 heavy (non-hydrogen) atoms. The van der Waals surface area contributed by atoms with Gasteiger partial charge in [0.05, 0.1) is 0 Å². The van der Waals surface area contributed by atoms with Gasteiger partial charge in [0.25, 0.3) is 0 Å². The Morgan fingerprint density at radius 1 is 0.917 bits per heavy atom. The molecule has 4 nitrogen and oxygen atoms in total. The fourth-order valence-corrected chi connectivity index (χ4v) is 2.88. The quantitative estimate of drug-likeness (QED) is 0.933. The second kappa shape index (κ2) is 7.34. The van der Waals surface area contributed by atoms with Crippen molar-refractivity contribution in [2.45, 2.75) is 13.3 Å². The number of amides is 1. The predicted molar refractivity (Wildman–Crippen MR) is 96.2 cm³/mol. The highest BCUT2D eigenvalue weighted by Crippen LogP contribution is 2.22. The van der Waals surface area contributed by atoms with Gasteiger partial charge in [0.1, 0.15) is 5.82 Å². The summed E-state index contributed by atoms with van der Waals surface area (Å²) in [6.07, 6.45) is 0.479. The Hall–Kier alpha value is -2.56. The van der Waals surface area contributed by atoms with E-state index in [1.54, 1.807) is 0 Å². The van der Waals surface area contributed by atoms with E-state index in [2.05, 4.69) is 15.1 Å². The molecular weight excluding hydrogens is 305 g/mol. The summed E-state index contributed by atoms with van der Waals surface area (Å²) in [5.74, 6) is -0.177. The van der Waals surface area contributed by atoms with Gasteiger partial charge in [-0.15, -0.1) is 0 Å². The summed E-state index contributed by atoms with van der Waals surface area (Å²) in [5.41, 5.74) is 3.05. The van der Waals surface area contributed by atoms with Crippen molar-refractivity contribution in [3.8, 4) is 0 Å². The molecule has 0 radical (unpaired) electrons. The van der Waals surface area contributed by atoms with Gasteiger partial charge >= 0.3 is 0 Å². The molecule has 1 N–H and O–H groups in total. The molecule has 1 aliphatic heterocycles. The van der Waals surface area contributed by atoms with Crippen LogP contribution in [0, 0.1) is 5.82 Å². The number of hydrogen-bond acceptors (Lipinski definition) is 3. The van der Waals surface area contributed by atoms with Crippen molar-refractivity contribution in [3.05, 3.63) is 54.3 Å². The maximum absolute atomic E-state index is 13.0. The molecule has 0 aliphatic carbocycles. The van der Waals surface area contributed by atoms with Gasteiger partial charge in [-0.05, 0) is 48.5 Å². The highest BCUT2D eigenvalue weighted by molar-refractivity contribution is 5.90. The van der Waals surface area contributed by atoms with Gasteiger partial charge in [0, 0.05) is 49.7 Å². The smallest absolute Gasteiger partial charge is 0.224 e. The predicted octanol–water partition coefficient (Wildman–Crippen LogP) is 3.50. The summed E-state index contributed by atoms with van der Waals surface area (Å²) >= 11 is 0. The third-order valence-corrected chi connectivity index (χ3v) is 4.31. The molecule has 1 fully saturated rings. The zero-order valence-corrected chi connectivity index (χ0v) is 13.8. The Labute approximate surface area is 141 Å². The molecule has 0 bridgehead atoms. The number of hydrogen-bond donors (Lipinski definition) is 1. The van der Waals surface area contributed by atoms with Crippen LogP contribution in [0.5, 0.6) is 0 Å². The fourth-order valence-electron chi connectivity index (χ4n) is 2.88. The number of nitrogens with zero attached hydrogens (tertiary/aromatic N) is 2. The van der Waals surface area contributed by atoms with Crippen molar-refractivity contribution >= 4 is 23.0 Å². The van der Waals surface area contributed by atoms with E-state index in [1.165, 1.54) is 12.1 Å². The van der Waals surface area contributed by atoms with E-state index in [1.807, 2.05) is 43.3 Å². The van der Waals surface area contributed by atoms with Crippen LogP contribution in [0.1, 0.15) is 13.3 Å². The zero-order chi connectivity index (χ0) is 16.9. The Morgan fingerprint density at radius 2 is 1.38 bits per heavy atom. The van der Waals surface area contributed by atoms with Crippen LogP contribution in [0.2, 0.25) is 0 Å². The van der Waals surface area contributed by atoms with Crippen LogP contribution in [-0.2, 0) is 4.79 Å². The van der Waals surface area contributed by atoms with Crippen LogP contribution in [-0.4, -0.2) is 32.1 Å². The van der Waals surface area contributed by atoms with Gasteiger partial charge in [-0.2, -0.15) is 0 Å². The van der Waals surface area contributed by atoms with E-state index < -0.39 is 0 Å². The molecule has 2 aromatic rings. The second-order valence-electron chi connectivity index (χ2n) is 5.90. The highest BCUT2D eigenvalue weighted by Gasteiger charge is 2.17. The van der Waals surface area contributed by atoms with Gasteiger partial charge in [-0.3, -0.25) is 4.79 Å². The normalized spacial score (nSPS) is 14.6. The van der Waals surface area contributed by atoms with Gasteiger partial charge < -0.3 is 15.1 Å². The van der Waals surface area contributed by atoms with E-state index in [0.29, 0.717) is 6.42 Å². The van der Waals surface area contributed by atoms with E-state index in [9.17, 15) is 9.18 Å². The lowest BCUT2D eigenvalue weighted by Gasteiger charge is -2.37. The number of rotatable bonds is 4. The van der Waals surface area contributed by atoms with Crippen LogP contribution < -0.4 is 15.1 Å². The van der Waals surface area contributed by atoms with Crippen LogP contribution in [0.3, 0.4) is 0 Å². The summed E-state index contributed by atoms with van der Waals surface area (Å²) in [6.45, 7) is 5.47. The molecule has 1 heterocycles. The summed E-state index contributed by atoms with van der Waals surface area (Å²) < 4.78 is 13.0. The van der Waals surface area contributed by atoms with Crippen molar-refractivity contribution in [1.82, 2.24) is 0 Å². The standard InChI is InChI=1S/C19H22FN3O/c1-2-19(24)21-16-5-9-18(10-6-16)23-13-11-22(12-14-23)17-7-3-15(20)4-8-17/h3-10H,2,11-14H2,1H3,(H,21,24). The molecule has 2 aromatic carbocycles. The van der Waals surface area contributed by atoms with Crippen LogP contribution in [0.4, 0.5) is 21.5 Å². The first-order valence-electron chi connectivity index (χ1n) is 8.31. The number of nitrogens with one attached hydrogen (secondary N) is 1. The first-order valence-corrected chi connectivity index (χ1v) is 8.31. The van der Waals surface area contributed by atoms with Crippen LogP contribution in [0.25, 0.3) is 0 Å². The minimum Gasteiger partial charge on any atom is -0.368 e. The maximum atomic E-state index is 13.0. The van der Waals surface area contributed by atoms with Crippen molar-refractivity contribution in [1.29, 1.82) is 0 Å². The SMILES string of the molecule is CCC(=O)Nc1ccc(N2CCN(c3ccc(F)cc3)CC2)cc1. The van der Waals surface area contributed by atoms with Gasteiger partial charge in [0.15, 0.2) is 0 Å². The zero-order valence-electron chi connectivity index (χ0n) is 13.8. The Balaban J connectivity index is 1.58. The highest BCUT2D eigenvalue weighted by atomic mass is 19.1. The number of benzene rings is 2. The van der Waals surface area contributed by atoms with Gasteiger partial charge in [-0.1, -0.05) is 6.92 Å². The lowest BCUT2D eigenvalue weighted by Crippen LogP contribution is -2.46. The molecule has 0 atom stereocenters. The first kappa shape index (κ1) is 16.3. The molecule has 5 heteroatoms. The number of carbonyl (C=O) groups excluding carboxylic acids is 1. The third kappa shape index (κ3) is 3.85. The average molecular weight is 327 g/mol. The summed E-state index contributed by atoms with van der Waals surface area (Å²) in [6, 6.07) is 14.6. The number of carbonyl (C=O) groups is 1. The van der Waals surface area contributed by atoms with Gasteiger partial charge in [0.2, 0.25) is 5.91 Å². The van der Waals surface area contributed by atoms with E-state index in [-0.39, 0.29) is 11.7 Å². The van der Waals surface area contributed by atoms with Crippen molar-refractivity contribution < 1.29 is 9.18 Å². The monoisotopic (exact) mass is 327 g/mol. The lowest BCUT2D eigenvalue weighted by molar-refractivity contribution is -0.115. The Kier molecular flexibility index (Phi) is 4.99. The molecule has 0 spiro atoms. The Morgan fingerprint density at radius 3 is 1.83 bits per heavy atom. The number of piperazine rings is 1. The lowest BCUT2D eigenvalue weighted by atomic mass is 10.2. The molecule has 0 aromatic heterocycles. The van der Waals surface area contributed by atoms with Crippen molar-refractivity contribution in [3.63, 3.8) is 0 Å². The van der Waals surface area contributed by atoms with E-state index in [4.69, 9.17) is 0 Å². The molecule has 3 rings (SSSR count). The fraction of sp³-hybridized carbons (Fsp3) is 0.316. The summed E-state index contributed by atoms with van der Waals surface area (Å²) in [7, 11) is 0. The van der Waals surface area contributed by atoms with Crippen molar-refractivity contribution in [2.24, 2.45) is 0 Å². The summed E-state index contributed by atoms with van der Waals surface area (Å²) in [5, 5.41) is 2.86. The van der Waals surface area contributed by atoms with Crippen molar-refractivity contribution in [2.75, 3.05) is 41.3 Å². The topological polar surface area (TPSA) is 35.6 Å². The van der Waals surface area contributed by atoms with Gasteiger partial charge in [-0.25, -0.2) is 4.39 Å². The summed E-state index contributed by atoms with van der Waals surface area (Å²) in [4.78, 5) is 16.0. The average Bonchev–Trinajstić information content (AvgIpc) is 2.63.